The second-order valence-electron chi connectivity index (χ2n) is 5.40. The largest absolute Gasteiger partial charge is 0.465 e. The highest BCUT2D eigenvalue weighted by atomic mass is 16.5. The van der Waals surface area contributed by atoms with E-state index < -0.39 is 5.97 Å². The minimum Gasteiger partial charge on any atom is -0.465 e. The van der Waals surface area contributed by atoms with Gasteiger partial charge < -0.3 is 20.1 Å². The van der Waals surface area contributed by atoms with Crippen LogP contribution >= 0.6 is 0 Å². The summed E-state index contributed by atoms with van der Waals surface area (Å²) in [6, 6.07) is 1.92. The summed E-state index contributed by atoms with van der Waals surface area (Å²) in [6.07, 6.45) is 4.00. The Morgan fingerprint density at radius 1 is 1.52 bits per heavy atom. The van der Waals surface area contributed by atoms with Crippen molar-refractivity contribution in [3.8, 4) is 0 Å². The molecule has 6 nitrogen and oxygen atoms in total. The van der Waals surface area contributed by atoms with Gasteiger partial charge in [0.05, 0.1) is 25.6 Å². The average molecular weight is 293 g/mol. The summed E-state index contributed by atoms with van der Waals surface area (Å²) in [5, 5.41) is 0. The Morgan fingerprint density at radius 2 is 2.24 bits per heavy atom. The minimum absolute atomic E-state index is 0.305. The second kappa shape index (κ2) is 6.76. The number of rotatable bonds is 7. The van der Waals surface area contributed by atoms with E-state index in [1.807, 2.05) is 0 Å². The summed E-state index contributed by atoms with van der Waals surface area (Å²) < 4.78 is 10.0. The number of hydrogen-bond donors (Lipinski definition) is 1. The molecule has 0 bridgehead atoms. The molecule has 1 aliphatic rings. The molecule has 1 aromatic heterocycles. The Morgan fingerprint density at radius 3 is 2.81 bits per heavy atom. The van der Waals surface area contributed by atoms with Crippen molar-refractivity contribution in [2.75, 3.05) is 38.0 Å². The molecule has 1 aromatic rings. The highest BCUT2D eigenvalue weighted by Crippen LogP contribution is 2.37. The van der Waals surface area contributed by atoms with Crippen LogP contribution in [0.2, 0.25) is 0 Å². The lowest BCUT2D eigenvalue weighted by molar-refractivity contribution is 0.0601. The number of ether oxygens (including phenoxy) is 2. The maximum absolute atomic E-state index is 12.0. The molecule has 0 aromatic carbocycles. The zero-order chi connectivity index (χ0) is 15.4. The lowest BCUT2D eigenvalue weighted by Gasteiger charge is -2.31. The summed E-state index contributed by atoms with van der Waals surface area (Å²) in [5.74, 6) is 0.842. The molecule has 2 rings (SSSR count). The molecule has 2 N–H and O–H groups in total. The molecule has 1 aliphatic carbocycles. The van der Waals surface area contributed by atoms with Crippen LogP contribution in [0.15, 0.2) is 12.3 Å². The number of carbonyl (C=O) groups excluding carboxylic acids is 1. The van der Waals surface area contributed by atoms with E-state index in [-0.39, 0.29) is 0 Å². The summed E-state index contributed by atoms with van der Waals surface area (Å²) >= 11 is 0. The van der Waals surface area contributed by atoms with E-state index in [1.54, 1.807) is 19.4 Å². The molecule has 1 atom stereocenters. The summed E-state index contributed by atoms with van der Waals surface area (Å²) in [7, 11) is 3.02. The molecule has 0 spiro atoms. The molecule has 21 heavy (non-hydrogen) atoms. The predicted molar refractivity (Wildman–Crippen MR) is 81.4 cm³/mol. The van der Waals surface area contributed by atoms with E-state index in [2.05, 4.69) is 16.8 Å². The van der Waals surface area contributed by atoms with E-state index in [0.29, 0.717) is 42.2 Å². The SMILES string of the molecule is COCCN(c1ncc(N)cc1C(=O)OC)C(C)C1CC1. The van der Waals surface area contributed by atoms with Crippen LogP contribution in [-0.4, -0.2) is 44.4 Å². The number of methoxy groups -OCH3 is 2. The number of esters is 1. The first-order valence-electron chi connectivity index (χ1n) is 7.18. The van der Waals surface area contributed by atoms with Crippen molar-refractivity contribution in [1.29, 1.82) is 0 Å². The Kier molecular flexibility index (Phi) is 5.01. The third-order valence-electron chi connectivity index (χ3n) is 3.90. The number of pyridine rings is 1. The summed E-state index contributed by atoms with van der Waals surface area (Å²) in [6.45, 7) is 3.41. The lowest BCUT2D eigenvalue weighted by atomic mass is 10.1. The zero-order valence-electron chi connectivity index (χ0n) is 12.8. The lowest BCUT2D eigenvalue weighted by Crippen LogP contribution is -2.39. The third kappa shape index (κ3) is 3.64. The van der Waals surface area contributed by atoms with Gasteiger partial charge in [0.1, 0.15) is 11.4 Å². The van der Waals surface area contributed by atoms with Crippen LogP contribution in [0.5, 0.6) is 0 Å². The van der Waals surface area contributed by atoms with Gasteiger partial charge in [0.2, 0.25) is 0 Å². The van der Waals surface area contributed by atoms with Crippen molar-refractivity contribution >= 4 is 17.5 Å². The van der Waals surface area contributed by atoms with E-state index in [1.165, 1.54) is 20.0 Å². The summed E-state index contributed by atoms with van der Waals surface area (Å²) in [4.78, 5) is 18.5. The first-order valence-corrected chi connectivity index (χ1v) is 7.18. The summed E-state index contributed by atoms with van der Waals surface area (Å²) in [5.41, 5.74) is 6.61. The predicted octanol–water partition coefficient (Wildman–Crippen LogP) is 1.70. The Bertz CT molecular complexity index is 503. The second-order valence-corrected chi connectivity index (χ2v) is 5.40. The van der Waals surface area contributed by atoms with E-state index in [0.717, 1.165) is 0 Å². The Labute approximate surface area is 125 Å². The van der Waals surface area contributed by atoms with E-state index in [9.17, 15) is 4.79 Å². The molecular formula is C15H23N3O3. The Hall–Kier alpha value is -1.82. The van der Waals surface area contributed by atoms with Gasteiger partial charge in [-0.05, 0) is 31.7 Å². The van der Waals surface area contributed by atoms with Crippen LogP contribution in [0.1, 0.15) is 30.1 Å². The molecule has 6 heteroatoms. The van der Waals surface area contributed by atoms with Crippen molar-refractivity contribution < 1.29 is 14.3 Å². The van der Waals surface area contributed by atoms with Gasteiger partial charge in [0, 0.05) is 19.7 Å². The molecule has 0 radical (unpaired) electrons. The molecular weight excluding hydrogens is 270 g/mol. The first-order chi connectivity index (χ1) is 10.1. The average Bonchev–Trinajstić information content (AvgIpc) is 3.32. The minimum atomic E-state index is -0.421. The quantitative estimate of drug-likeness (QED) is 0.771. The van der Waals surface area contributed by atoms with Crippen molar-refractivity contribution in [2.24, 2.45) is 5.92 Å². The maximum atomic E-state index is 12.0. The van der Waals surface area contributed by atoms with Crippen LogP contribution in [0.4, 0.5) is 11.5 Å². The van der Waals surface area contributed by atoms with Crippen LogP contribution in [0.25, 0.3) is 0 Å². The smallest absolute Gasteiger partial charge is 0.341 e. The van der Waals surface area contributed by atoms with Gasteiger partial charge in [0.25, 0.3) is 0 Å². The molecule has 0 amide bonds. The highest BCUT2D eigenvalue weighted by Gasteiger charge is 2.34. The molecule has 1 heterocycles. The highest BCUT2D eigenvalue weighted by molar-refractivity contribution is 5.95. The number of nitrogens with two attached hydrogens (primary N) is 1. The number of anilines is 2. The van der Waals surface area contributed by atoms with Crippen molar-refractivity contribution in [2.45, 2.75) is 25.8 Å². The van der Waals surface area contributed by atoms with Crippen LogP contribution in [0, 0.1) is 5.92 Å². The number of nitrogens with zero attached hydrogens (tertiary/aromatic N) is 2. The number of aromatic nitrogens is 1. The first kappa shape index (κ1) is 15.6. The van der Waals surface area contributed by atoms with Crippen LogP contribution in [0.3, 0.4) is 0 Å². The molecule has 1 fully saturated rings. The monoisotopic (exact) mass is 293 g/mol. The van der Waals surface area contributed by atoms with Crippen LogP contribution < -0.4 is 10.6 Å². The van der Waals surface area contributed by atoms with Crippen molar-refractivity contribution in [3.63, 3.8) is 0 Å². The Balaban J connectivity index is 2.35. The fourth-order valence-electron chi connectivity index (χ4n) is 2.49. The molecule has 0 aliphatic heterocycles. The number of carbonyl (C=O) groups is 1. The molecule has 0 saturated heterocycles. The maximum Gasteiger partial charge on any atom is 0.341 e. The third-order valence-corrected chi connectivity index (χ3v) is 3.90. The van der Waals surface area contributed by atoms with Gasteiger partial charge in [-0.2, -0.15) is 0 Å². The molecule has 1 saturated carbocycles. The van der Waals surface area contributed by atoms with Crippen molar-refractivity contribution in [3.05, 3.63) is 17.8 Å². The molecule has 1 unspecified atom stereocenters. The van der Waals surface area contributed by atoms with Gasteiger partial charge >= 0.3 is 5.97 Å². The number of hydrogen-bond acceptors (Lipinski definition) is 6. The van der Waals surface area contributed by atoms with Gasteiger partial charge in [-0.25, -0.2) is 9.78 Å². The van der Waals surface area contributed by atoms with E-state index in [4.69, 9.17) is 15.2 Å². The normalized spacial score (nSPS) is 15.6. The van der Waals surface area contributed by atoms with Gasteiger partial charge in [-0.1, -0.05) is 0 Å². The zero-order valence-corrected chi connectivity index (χ0v) is 12.8. The fourth-order valence-corrected chi connectivity index (χ4v) is 2.49. The van der Waals surface area contributed by atoms with E-state index >= 15 is 0 Å². The number of nitrogen functional groups attached to an aromatic ring is 1. The van der Waals surface area contributed by atoms with Crippen LogP contribution in [-0.2, 0) is 9.47 Å². The fraction of sp³-hybridized carbons (Fsp3) is 0.600. The topological polar surface area (TPSA) is 77.7 Å². The standard InChI is InChI=1S/C15H23N3O3/c1-10(11-4-5-11)18(6-7-20-2)14-13(15(19)21-3)8-12(16)9-17-14/h8-11H,4-7,16H2,1-3H3. The van der Waals surface area contributed by atoms with Gasteiger partial charge in [0.15, 0.2) is 0 Å². The van der Waals surface area contributed by atoms with Gasteiger partial charge in [-0.15, -0.1) is 0 Å². The van der Waals surface area contributed by atoms with Crippen molar-refractivity contribution in [1.82, 2.24) is 4.98 Å². The van der Waals surface area contributed by atoms with Gasteiger partial charge in [-0.3, -0.25) is 0 Å². The molecule has 116 valence electrons.